The normalized spacial score (nSPS) is 18.6. The van der Waals surface area contributed by atoms with Crippen molar-refractivity contribution < 1.29 is 9.59 Å². The summed E-state index contributed by atoms with van der Waals surface area (Å²) in [5, 5.41) is 5.96. The highest BCUT2D eigenvalue weighted by molar-refractivity contribution is 7.99. The quantitative estimate of drug-likeness (QED) is 0.648. The van der Waals surface area contributed by atoms with E-state index in [1.807, 2.05) is 7.05 Å². The summed E-state index contributed by atoms with van der Waals surface area (Å²) in [5.41, 5.74) is 0. The summed E-state index contributed by atoms with van der Waals surface area (Å²) in [7, 11) is 1.89. The number of thioether (sulfide) groups is 1. The van der Waals surface area contributed by atoms with E-state index in [4.69, 9.17) is 0 Å². The zero-order chi connectivity index (χ0) is 14.1. The van der Waals surface area contributed by atoms with Crippen LogP contribution >= 0.6 is 11.8 Å². The predicted molar refractivity (Wildman–Crippen MR) is 79.0 cm³/mol. The molecular weight excluding hydrogens is 262 g/mol. The van der Waals surface area contributed by atoms with E-state index in [0.717, 1.165) is 31.6 Å². The molecule has 0 radical (unpaired) electrons. The Hall–Kier alpha value is -0.750. The van der Waals surface area contributed by atoms with Crippen molar-refractivity contribution in [2.24, 2.45) is 0 Å². The Labute approximate surface area is 119 Å². The van der Waals surface area contributed by atoms with Crippen LogP contribution in [0.4, 0.5) is 0 Å². The Morgan fingerprint density at radius 1 is 1.32 bits per heavy atom. The zero-order valence-corrected chi connectivity index (χ0v) is 12.7. The van der Waals surface area contributed by atoms with Gasteiger partial charge < -0.3 is 15.5 Å². The van der Waals surface area contributed by atoms with Crippen LogP contribution in [-0.2, 0) is 9.59 Å². The number of carbonyl (C=O) groups excluding carboxylic acids is 2. The fourth-order valence-corrected chi connectivity index (χ4v) is 3.15. The van der Waals surface area contributed by atoms with E-state index in [1.54, 1.807) is 16.7 Å². The number of unbranched alkanes of at least 4 members (excludes halogenated alkanes) is 1. The van der Waals surface area contributed by atoms with Crippen molar-refractivity contribution in [1.29, 1.82) is 0 Å². The van der Waals surface area contributed by atoms with Crippen LogP contribution in [0, 0.1) is 0 Å². The average Bonchev–Trinajstić information content (AvgIpc) is 2.90. The van der Waals surface area contributed by atoms with Gasteiger partial charge in [0.15, 0.2) is 0 Å². The van der Waals surface area contributed by atoms with Crippen molar-refractivity contribution >= 4 is 23.6 Å². The molecule has 1 unspecified atom stereocenters. The van der Waals surface area contributed by atoms with Gasteiger partial charge in [-0.05, 0) is 26.4 Å². The van der Waals surface area contributed by atoms with Gasteiger partial charge in [-0.25, -0.2) is 0 Å². The Kier molecular flexibility index (Phi) is 7.90. The van der Waals surface area contributed by atoms with Gasteiger partial charge in [0.1, 0.15) is 6.04 Å². The molecule has 0 spiro atoms. The van der Waals surface area contributed by atoms with Crippen LogP contribution in [0.15, 0.2) is 0 Å². The fourth-order valence-electron chi connectivity index (χ4n) is 1.97. The molecule has 19 heavy (non-hydrogen) atoms. The highest BCUT2D eigenvalue weighted by Gasteiger charge is 2.33. The molecule has 6 heteroatoms. The summed E-state index contributed by atoms with van der Waals surface area (Å²) < 4.78 is 0. The topological polar surface area (TPSA) is 61.4 Å². The van der Waals surface area contributed by atoms with E-state index in [9.17, 15) is 9.59 Å². The second kappa shape index (κ2) is 9.20. The molecule has 0 aliphatic carbocycles. The van der Waals surface area contributed by atoms with Gasteiger partial charge >= 0.3 is 0 Å². The minimum absolute atomic E-state index is 0.00838. The van der Waals surface area contributed by atoms with Crippen molar-refractivity contribution in [3.05, 3.63) is 0 Å². The molecule has 1 fully saturated rings. The van der Waals surface area contributed by atoms with Crippen LogP contribution in [0.1, 0.15) is 32.6 Å². The minimum atomic E-state index is -0.274. The number of carbonyl (C=O) groups is 2. The molecule has 1 aliphatic heterocycles. The maximum atomic E-state index is 12.1. The van der Waals surface area contributed by atoms with Crippen molar-refractivity contribution in [1.82, 2.24) is 15.5 Å². The fraction of sp³-hybridized carbons (Fsp3) is 0.846. The van der Waals surface area contributed by atoms with Crippen LogP contribution in [0.25, 0.3) is 0 Å². The summed E-state index contributed by atoms with van der Waals surface area (Å²) in [6.45, 7) is 3.62. The smallest absolute Gasteiger partial charge is 0.243 e. The van der Waals surface area contributed by atoms with Gasteiger partial charge in [-0.1, -0.05) is 13.3 Å². The first-order chi connectivity index (χ1) is 9.20. The first-order valence-corrected chi connectivity index (χ1v) is 8.15. The molecule has 0 aromatic carbocycles. The highest BCUT2D eigenvalue weighted by atomic mass is 32.2. The average molecular weight is 287 g/mol. The van der Waals surface area contributed by atoms with Gasteiger partial charge in [0.05, 0.1) is 5.88 Å². The summed E-state index contributed by atoms with van der Waals surface area (Å²) in [4.78, 5) is 25.8. The van der Waals surface area contributed by atoms with Crippen molar-refractivity contribution in [3.63, 3.8) is 0 Å². The van der Waals surface area contributed by atoms with Crippen LogP contribution in [0.5, 0.6) is 0 Å². The summed E-state index contributed by atoms with van der Waals surface area (Å²) >= 11 is 1.66. The largest absolute Gasteiger partial charge is 0.354 e. The molecule has 2 N–H and O–H groups in total. The van der Waals surface area contributed by atoms with Crippen LogP contribution in [-0.4, -0.2) is 54.5 Å². The maximum Gasteiger partial charge on any atom is 0.243 e. The first-order valence-electron chi connectivity index (χ1n) is 7.00. The SMILES string of the molecule is CCCCC(=O)N1CSCC1C(=O)NCCCNC. The van der Waals surface area contributed by atoms with Gasteiger partial charge in [0, 0.05) is 18.7 Å². The van der Waals surface area contributed by atoms with Gasteiger partial charge in [-0.15, -0.1) is 11.8 Å². The van der Waals surface area contributed by atoms with Gasteiger partial charge in [-0.3, -0.25) is 9.59 Å². The molecule has 1 aliphatic rings. The molecule has 1 saturated heterocycles. The summed E-state index contributed by atoms with van der Waals surface area (Å²) in [6, 6.07) is -0.274. The van der Waals surface area contributed by atoms with E-state index in [-0.39, 0.29) is 17.9 Å². The molecule has 0 bridgehead atoms. The second-order valence-corrected chi connectivity index (χ2v) is 5.73. The Morgan fingerprint density at radius 2 is 2.11 bits per heavy atom. The molecule has 2 amide bonds. The molecule has 5 nitrogen and oxygen atoms in total. The van der Waals surface area contributed by atoms with Crippen molar-refractivity contribution in [3.8, 4) is 0 Å². The van der Waals surface area contributed by atoms with E-state index in [1.165, 1.54) is 0 Å². The van der Waals surface area contributed by atoms with E-state index in [0.29, 0.717) is 18.8 Å². The summed E-state index contributed by atoms with van der Waals surface area (Å²) in [6.07, 6.45) is 3.37. The predicted octanol–water partition coefficient (Wildman–Crippen LogP) is 0.804. The number of rotatable bonds is 8. The molecular formula is C13H25N3O2S. The van der Waals surface area contributed by atoms with Crippen LogP contribution in [0.2, 0.25) is 0 Å². The zero-order valence-electron chi connectivity index (χ0n) is 11.9. The molecule has 1 atom stereocenters. The Morgan fingerprint density at radius 3 is 2.79 bits per heavy atom. The van der Waals surface area contributed by atoms with E-state index >= 15 is 0 Å². The molecule has 1 heterocycles. The standard InChI is InChI=1S/C13H25N3O2S/c1-3-4-6-12(17)16-10-19-9-11(16)13(18)15-8-5-7-14-2/h11,14H,3-10H2,1-2H3,(H,15,18). The molecule has 110 valence electrons. The molecule has 0 aromatic rings. The highest BCUT2D eigenvalue weighted by Crippen LogP contribution is 2.22. The van der Waals surface area contributed by atoms with Gasteiger partial charge in [0.25, 0.3) is 0 Å². The van der Waals surface area contributed by atoms with E-state index in [2.05, 4.69) is 17.6 Å². The number of hydrogen-bond donors (Lipinski definition) is 2. The lowest BCUT2D eigenvalue weighted by Gasteiger charge is -2.23. The van der Waals surface area contributed by atoms with Gasteiger partial charge in [-0.2, -0.15) is 0 Å². The number of hydrogen-bond acceptors (Lipinski definition) is 4. The van der Waals surface area contributed by atoms with Crippen LogP contribution in [0.3, 0.4) is 0 Å². The maximum absolute atomic E-state index is 12.1. The lowest BCUT2D eigenvalue weighted by molar-refractivity contribution is -0.138. The first kappa shape index (κ1) is 16.3. The third-order valence-corrected chi connectivity index (χ3v) is 4.16. The van der Waals surface area contributed by atoms with Crippen molar-refractivity contribution in [2.75, 3.05) is 31.8 Å². The number of nitrogens with zero attached hydrogens (tertiary/aromatic N) is 1. The summed E-state index contributed by atoms with van der Waals surface area (Å²) in [5.74, 6) is 1.47. The second-order valence-electron chi connectivity index (χ2n) is 4.73. The lowest BCUT2D eigenvalue weighted by Crippen LogP contribution is -2.47. The molecule has 0 saturated carbocycles. The Balaban J connectivity index is 2.37. The van der Waals surface area contributed by atoms with Gasteiger partial charge in [0.2, 0.25) is 11.8 Å². The number of nitrogens with one attached hydrogen (secondary N) is 2. The molecule has 1 rings (SSSR count). The van der Waals surface area contributed by atoms with Crippen molar-refractivity contribution in [2.45, 2.75) is 38.6 Å². The lowest BCUT2D eigenvalue weighted by atomic mass is 10.2. The monoisotopic (exact) mass is 287 g/mol. The number of amides is 2. The molecule has 0 aromatic heterocycles. The van der Waals surface area contributed by atoms with E-state index < -0.39 is 0 Å². The third-order valence-electron chi connectivity index (χ3n) is 3.15. The minimum Gasteiger partial charge on any atom is -0.354 e. The third kappa shape index (κ3) is 5.40. The Bertz CT molecular complexity index is 300. The van der Waals surface area contributed by atoms with Crippen LogP contribution < -0.4 is 10.6 Å².